The number of hydrogen-bond donors (Lipinski definition) is 18. The zero-order valence-electron chi connectivity index (χ0n) is 53.8. The Bertz CT molecular complexity index is 3200. The SMILES string of the molecule is CB(C)CCCNC(=O)C1=C[B]C(C2=C[B]C(CCNC(=O)[C@@H](CC(=O)[C@@H](C)[C@H](O)[C@@H](C)NC(=O)[C@@H](NC(=O)c3nc([C@@H](CC[C@H](N)C(N)=O)CC(N)=O)nc(N)c3C)[C@@H](OC3OC(CO)C(O)C(O)C3OC3OC(CO)C(O)C(OC(N)=O)C3O)c3cnc[nH]3)[C@@H](C)O)=N2)=N1. The molecule has 96 heavy (non-hydrogen) atoms. The number of carbonyl (C=O) groups is 8. The van der Waals surface area contributed by atoms with Gasteiger partial charge < -0.3 is 119 Å². The normalized spacial score (nSPS) is 25.2. The second-order valence-corrected chi connectivity index (χ2v) is 24.3. The number of ketones is 1. The lowest BCUT2D eigenvalue weighted by molar-refractivity contribution is -0.372. The quantitative estimate of drug-likeness (QED) is 0.0223. The molecule has 0 bridgehead atoms. The first kappa shape index (κ1) is 77.4. The fourth-order valence-corrected chi connectivity index (χ4v) is 10.8. The van der Waals surface area contributed by atoms with Crippen molar-refractivity contribution in [1.29, 1.82) is 0 Å². The minimum atomic E-state index is -2.19. The first-order valence-corrected chi connectivity index (χ1v) is 31.2. The van der Waals surface area contributed by atoms with Crippen LogP contribution in [0.15, 0.2) is 45.9 Å². The molecule has 0 spiro atoms. The summed E-state index contributed by atoms with van der Waals surface area (Å²) in [6, 6.07) is -4.79. The second kappa shape index (κ2) is 35.5. The maximum absolute atomic E-state index is 15.2. The molecular formula is C57H86B3N15O21. The first-order chi connectivity index (χ1) is 45.3. The van der Waals surface area contributed by atoms with Gasteiger partial charge in [0.1, 0.15) is 90.4 Å². The van der Waals surface area contributed by atoms with E-state index in [1.807, 2.05) is 0 Å². The number of aromatic nitrogens is 4. The molecular weight excluding hydrogens is 1260 g/mol. The number of rotatable bonds is 36. The molecule has 2 aromatic rings. The molecule has 23 N–H and O–H groups in total. The summed E-state index contributed by atoms with van der Waals surface area (Å²) in [6.07, 6.45) is -23.6. The molecule has 10 unspecified atom stereocenters. The Morgan fingerprint density at radius 2 is 1.49 bits per heavy atom. The Kier molecular flexibility index (Phi) is 28.6. The molecule has 7 amide bonds. The summed E-state index contributed by atoms with van der Waals surface area (Å²) < 4.78 is 28.8. The van der Waals surface area contributed by atoms with Crippen molar-refractivity contribution in [1.82, 2.24) is 41.2 Å². The van der Waals surface area contributed by atoms with E-state index in [1.54, 1.807) is 26.5 Å². The van der Waals surface area contributed by atoms with E-state index in [4.69, 9.17) is 52.4 Å². The molecule has 6 rings (SSSR count). The van der Waals surface area contributed by atoms with Crippen molar-refractivity contribution in [2.24, 2.45) is 44.8 Å². The molecule has 524 valence electrons. The maximum atomic E-state index is 15.2. The van der Waals surface area contributed by atoms with Gasteiger partial charge in [0, 0.05) is 48.9 Å². The van der Waals surface area contributed by atoms with Gasteiger partial charge in [0.15, 0.2) is 18.7 Å². The summed E-state index contributed by atoms with van der Waals surface area (Å²) in [5.41, 5.74) is 29.4. The number of carbonyl (C=O) groups excluding carboxylic acids is 8. The fourth-order valence-electron chi connectivity index (χ4n) is 10.8. The van der Waals surface area contributed by atoms with Gasteiger partial charge in [-0.25, -0.2) is 19.7 Å². The maximum Gasteiger partial charge on any atom is 0.404 e. The zero-order valence-corrected chi connectivity index (χ0v) is 53.8. The number of nitrogens with zero attached hydrogens (tertiary/aromatic N) is 5. The Morgan fingerprint density at radius 1 is 0.802 bits per heavy atom. The molecule has 19 atom stereocenters. The van der Waals surface area contributed by atoms with Gasteiger partial charge >= 0.3 is 6.09 Å². The highest BCUT2D eigenvalue weighted by molar-refractivity contribution is 6.87. The summed E-state index contributed by atoms with van der Waals surface area (Å²) in [6.45, 7) is 8.46. The standard InChI is InChI=1S/C57H86B3N15O21/c1-22(32(79)15-27(25(4)78)51(87)68-13-10-35-58-16-29(71-35)47-59-17-30(72-47)52(88)67-12-7-11-60(5)6)39(81)24(3)70-54(90)38(74-53(89)37-23(2)48(63)75-50(73-37)26(14-36(62)80)8-9-28(61)49(64)86)44(31-18-66-21-69-31)94-56-46(42(84)40(82)33(19-76)93-56)95-55-43(85)45(96-57(65)91)41(83)34(20-77)92-55/h16-18,21-22,24-28,33-34,38-46,55-56,76-78,81-85H,7-15,19-20,61H2,1-6H3,(H2,62,80)(H2,64,86)(H2,65,91)(H,66,69)(H,67,88)(H,68,87)(H,70,90)(H,74,89)(H2,63,73,75)/t22-,24-,25-,26+,27+,28+,33?,34?,38+,39+,40?,41?,42?,43?,44+,45?,46?,55?,56?/m1/s1. The molecule has 2 radical (unpaired) electrons. The summed E-state index contributed by atoms with van der Waals surface area (Å²) in [5.74, 6) is -6.91. The molecule has 36 nitrogen and oxygen atoms in total. The van der Waals surface area contributed by atoms with Crippen molar-refractivity contribution in [3.05, 3.63) is 58.6 Å². The van der Waals surface area contributed by atoms with Gasteiger partial charge in [-0.05, 0) is 52.1 Å². The Hall–Kier alpha value is -7.66. The molecule has 2 saturated heterocycles. The Labute approximate surface area is 553 Å². The third kappa shape index (κ3) is 20.5. The van der Waals surface area contributed by atoms with Crippen LogP contribution in [0, 0.1) is 18.8 Å². The number of amides is 7. The molecule has 0 aromatic carbocycles. The van der Waals surface area contributed by atoms with Gasteiger partial charge in [-0.1, -0.05) is 38.8 Å². The third-order valence-electron chi connectivity index (χ3n) is 16.6. The van der Waals surface area contributed by atoms with E-state index in [9.17, 15) is 74.4 Å². The lowest BCUT2D eigenvalue weighted by atomic mass is 9.51. The zero-order chi connectivity index (χ0) is 71.0. The van der Waals surface area contributed by atoms with Crippen molar-refractivity contribution < 1.29 is 103 Å². The highest BCUT2D eigenvalue weighted by Crippen LogP contribution is 2.35. The van der Waals surface area contributed by atoms with E-state index < -0.39 is 189 Å². The summed E-state index contributed by atoms with van der Waals surface area (Å²) in [5, 5.41) is 98.7. The fraction of sp³-hybridized carbons (Fsp3) is 0.632. The second-order valence-electron chi connectivity index (χ2n) is 24.3. The molecule has 4 aliphatic rings. The number of hydrogen-bond acceptors (Lipinski definition) is 28. The number of aliphatic hydroxyl groups excluding tert-OH is 8. The summed E-state index contributed by atoms with van der Waals surface area (Å²) in [7, 11) is 3.39. The monoisotopic (exact) mass is 1350 g/mol. The molecule has 0 saturated carbocycles. The van der Waals surface area contributed by atoms with Crippen LogP contribution in [0.25, 0.3) is 0 Å². The van der Waals surface area contributed by atoms with Crippen LogP contribution in [-0.4, -0.2) is 259 Å². The van der Waals surface area contributed by atoms with Crippen molar-refractivity contribution in [2.45, 2.75) is 190 Å². The number of primary amides is 3. The van der Waals surface area contributed by atoms with Crippen LogP contribution in [0.2, 0.25) is 20.0 Å². The predicted octanol–water partition coefficient (Wildman–Crippen LogP) is -6.63. The predicted molar refractivity (Wildman–Crippen MR) is 340 cm³/mol. The minimum absolute atomic E-state index is 0.0234. The van der Waals surface area contributed by atoms with Crippen molar-refractivity contribution in [2.75, 3.05) is 32.0 Å². The number of Topliss-reactive ketones (excluding diaryl/α,β-unsaturated/α-hetero) is 1. The number of H-pyrrole nitrogens is 1. The van der Waals surface area contributed by atoms with E-state index >= 15 is 4.79 Å². The molecule has 2 aromatic heterocycles. The topological polar surface area (TPSA) is 602 Å². The van der Waals surface area contributed by atoms with Crippen molar-refractivity contribution in [3.8, 4) is 0 Å². The van der Waals surface area contributed by atoms with Gasteiger partial charge in [0.05, 0.1) is 67.3 Å². The van der Waals surface area contributed by atoms with Crippen molar-refractivity contribution >= 4 is 85.6 Å². The highest BCUT2D eigenvalue weighted by atomic mass is 16.8. The van der Waals surface area contributed by atoms with Crippen LogP contribution in [0.1, 0.15) is 98.9 Å². The van der Waals surface area contributed by atoms with Crippen LogP contribution in [0.5, 0.6) is 0 Å². The van der Waals surface area contributed by atoms with E-state index in [0.29, 0.717) is 30.2 Å². The molecule has 2 fully saturated rings. The van der Waals surface area contributed by atoms with Crippen LogP contribution >= 0.6 is 0 Å². The largest absolute Gasteiger partial charge is 0.441 e. The van der Waals surface area contributed by atoms with Gasteiger partial charge in [-0.3, -0.25) is 43.5 Å². The number of nitrogens with two attached hydrogens (primary N) is 5. The summed E-state index contributed by atoms with van der Waals surface area (Å²) in [4.78, 5) is 131. The average molecular weight is 1350 g/mol. The summed E-state index contributed by atoms with van der Waals surface area (Å²) >= 11 is 0. The number of allylic oxidation sites excluding steroid dienone is 1. The van der Waals surface area contributed by atoms with Crippen LogP contribution in [0.3, 0.4) is 0 Å². The van der Waals surface area contributed by atoms with Crippen LogP contribution in [0.4, 0.5) is 10.6 Å². The lowest BCUT2D eigenvalue weighted by Crippen LogP contribution is -2.65. The van der Waals surface area contributed by atoms with E-state index in [0.717, 1.165) is 25.3 Å². The average Bonchev–Trinajstić information content (AvgIpc) is 0.869. The Balaban J connectivity index is 1.25. The number of nitrogens with one attached hydrogen (secondary N) is 5. The van der Waals surface area contributed by atoms with Gasteiger partial charge in [0.2, 0.25) is 38.2 Å². The van der Waals surface area contributed by atoms with E-state index in [-0.39, 0.29) is 60.3 Å². The first-order valence-electron chi connectivity index (χ1n) is 31.2. The number of aliphatic hydroxyl groups is 8. The number of ether oxygens (including phenoxy) is 5. The number of anilines is 1. The van der Waals surface area contributed by atoms with E-state index in [1.165, 1.54) is 27.7 Å². The van der Waals surface area contributed by atoms with Gasteiger partial charge in [-0.15, -0.1) is 0 Å². The number of aromatic amines is 1. The van der Waals surface area contributed by atoms with Crippen LogP contribution in [-0.2, 0) is 52.5 Å². The van der Waals surface area contributed by atoms with Gasteiger partial charge in [-0.2, -0.15) is 0 Å². The number of aliphatic imine (C=N–C) groups is 2. The lowest BCUT2D eigenvalue weighted by Gasteiger charge is -2.47. The van der Waals surface area contributed by atoms with Crippen LogP contribution < -0.4 is 49.9 Å². The number of imidazole rings is 1. The highest BCUT2D eigenvalue weighted by Gasteiger charge is 2.54. The number of nitrogen functional groups attached to an aromatic ring is 1. The minimum Gasteiger partial charge on any atom is -0.441 e. The smallest absolute Gasteiger partial charge is 0.404 e. The Morgan fingerprint density at radius 3 is 2.11 bits per heavy atom. The molecule has 6 heterocycles. The van der Waals surface area contributed by atoms with Gasteiger partial charge in [0.25, 0.3) is 11.8 Å². The molecule has 4 aliphatic heterocycles. The molecule has 0 aliphatic carbocycles. The third-order valence-corrected chi connectivity index (χ3v) is 16.6. The molecule has 39 heteroatoms. The van der Waals surface area contributed by atoms with Crippen molar-refractivity contribution in [3.63, 3.8) is 0 Å². The van der Waals surface area contributed by atoms with E-state index in [2.05, 4.69) is 64.8 Å².